The van der Waals surface area contributed by atoms with Crippen molar-refractivity contribution in [2.45, 2.75) is 45.6 Å². The number of amides is 2. The van der Waals surface area contributed by atoms with E-state index >= 15 is 0 Å². The zero-order valence-corrected chi connectivity index (χ0v) is 22.4. The highest BCUT2D eigenvalue weighted by molar-refractivity contribution is 6.22. The third-order valence-corrected chi connectivity index (χ3v) is 7.39. The summed E-state index contributed by atoms with van der Waals surface area (Å²) in [5, 5.41) is 47.1. The summed E-state index contributed by atoms with van der Waals surface area (Å²) in [6.45, 7) is 5.73. The summed E-state index contributed by atoms with van der Waals surface area (Å²) in [6, 6.07) is 1.52. The lowest BCUT2D eigenvalue weighted by molar-refractivity contribution is -0.147. The second kappa shape index (κ2) is 9.30. The molecule has 12 nitrogen and oxygen atoms in total. The fourth-order valence-electron chi connectivity index (χ4n) is 5.59. The molecule has 3 aliphatic rings. The van der Waals surface area contributed by atoms with E-state index in [1.807, 2.05) is 20.8 Å². The molecule has 1 saturated carbocycles. The number of anilines is 2. The number of phenols is 1. The van der Waals surface area contributed by atoms with Gasteiger partial charge in [0.1, 0.15) is 17.1 Å². The highest BCUT2D eigenvalue weighted by Gasteiger charge is 2.60. The number of hydrogen-bond donors (Lipinski definition) is 6. The molecule has 0 bridgehead atoms. The number of benzene rings is 1. The van der Waals surface area contributed by atoms with Gasteiger partial charge in [0.25, 0.3) is 5.91 Å². The first-order chi connectivity index (χ1) is 18.0. The van der Waals surface area contributed by atoms with Crippen LogP contribution in [-0.2, 0) is 25.5 Å². The molecule has 3 atom stereocenters. The highest BCUT2D eigenvalue weighted by atomic mass is 16.5. The molecule has 1 aromatic carbocycles. The van der Waals surface area contributed by atoms with Gasteiger partial charge in [-0.15, -0.1) is 0 Å². The maximum absolute atomic E-state index is 13.7. The van der Waals surface area contributed by atoms with Gasteiger partial charge in [-0.05, 0) is 35.8 Å². The first-order valence-corrected chi connectivity index (χ1v) is 12.5. The zero-order chi connectivity index (χ0) is 29.2. The SMILES string of the molecule is CN(C)c1cc(NC(=O)OCC(C)(C)C)c(O)c2c1CC1CC3CC(=O)C(C(N)=O)=C(O)C3(O)C(=O)C1=C2O. The van der Waals surface area contributed by atoms with E-state index in [9.17, 15) is 39.6 Å². The number of nitrogens with one attached hydrogen (secondary N) is 1. The minimum absolute atomic E-state index is 0.0235. The molecule has 39 heavy (non-hydrogen) atoms. The summed E-state index contributed by atoms with van der Waals surface area (Å²) in [7, 11) is 3.45. The third kappa shape index (κ3) is 4.48. The Morgan fingerprint density at radius 1 is 1.18 bits per heavy atom. The average molecular weight is 544 g/mol. The van der Waals surface area contributed by atoms with Gasteiger partial charge in [-0.1, -0.05) is 20.8 Å². The van der Waals surface area contributed by atoms with Crippen LogP contribution in [0.2, 0.25) is 0 Å². The fourth-order valence-corrected chi connectivity index (χ4v) is 5.59. The predicted molar refractivity (Wildman–Crippen MR) is 140 cm³/mol. The number of aromatic hydroxyl groups is 1. The highest BCUT2D eigenvalue weighted by Crippen LogP contribution is 2.54. The van der Waals surface area contributed by atoms with Crippen molar-refractivity contribution in [3.05, 3.63) is 34.1 Å². The summed E-state index contributed by atoms with van der Waals surface area (Å²) >= 11 is 0. The number of nitrogens with zero attached hydrogens (tertiary/aromatic N) is 1. The molecule has 0 spiro atoms. The molecule has 1 fully saturated rings. The Morgan fingerprint density at radius 3 is 2.38 bits per heavy atom. The number of carbonyl (C=O) groups is 4. The van der Waals surface area contributed by atoms with Crippen molar-refractivity contribution in [3.8, 4) is 5.75 Å². The second-order valence-electron chi connectivity index (χ2n) is 11.7. The van der Waals surface area contributed by atoms with Crippen LogP contribution in [0.25, 0.3) is 5.76 Å². The van der Waals surface area contributed by atoms with Gasteiger partial charge in [0.15, 0.2) is 17.1 Å². The molecule has 0 aliphatic heterocycles. The molecule has 0 radical (unpaired) electrons. The van der Waals surface area contributed by atoms with Crippen LogP contribution in [0, 0.1) is 17.3 Å². The summed E-state index contributed by atoms with van der Waals surface area (Å²) in [5.74, 6) is -7.19. The number of hydrogen-bond acceptors (Lipinski definition) is 10. The molecule has 0 saturated heterocycles. The van der Waals surface area contributed by atoms with E-state index in [0.29, 0.717) is 11.3 Å². The van der Waals surface area contributed by atoms with Gasteiger partial charge in [0.05, 0.1) is 17.9 Å². The molecule has 2 amide bonds. The Balaban J connectivity index is 1.84. The van der Waals surface area contributed by atoms with E-state index < -0.39 is 70.3 Å². The molecule has 7 N–H and O–H groups in total. The number of carbonyl (C=O) groups excluding carboxylic acids is 4. The van der Waals surface area contributed by atoms with E-state index in [0.717, 1.165) is 0 Å². The van der Waals surface area contributed by atoms with Gasteiger partial charge in [0.2, 0.25) is 5.78 Å². The van der Waals surface area contributed by atoms with Gasteiger partial charge < -0.3 is 35.8 Å². The summed E-state index contributed by atoms with van der Waals surface area (Å²) in [6.07, 6.45) is -1.06. The van der Waals surface area contributed by atoms with E-state index in [1.54, 1.807) is 19.0 Å². The van der Waals surface area contributed by atoms with Crippen molar-refractivity contribution in [2.24, 2.45) is 23.0 Å². The van der Waals surface area contributed by atoms with Crippen molar-refractivity contribution in [3.63, 3.8) is 0 Å². The number of nitrogens with two attached hydrogens (primary N) is 1. The fraction of sp³-hybridized carbons (Fsp3) is 0.481. The minimum atomic E-state index is -2.65. The van der Waals surface area contributed by atoms with Crippen LogP contribution in [0.5, 0.6) is 5.75 Å². The lowest BCUT2D eigenvalue weighted by Gasteiger charge is -2.46. The largest absolute Gasteiger partial charge is 0.508 e. The molecule has 3 aliphatic carbocycles. The van der Waals surface area contributed by atoms with E-state index in [-0.39, 0.29) is 41.7 Å². The number of ketones is 2. The van der Waals surface area contributed by atoms with Gasteiger partial charge in [-0.25, -0.2) is 4.79 Å². The maximum atomic E-state index is 13.7. The van der Waals surface area contributed by atoms with E-state index in [1.165, 1.54) is 6.07 Å². The topological polar surface area (TPSA) is 200 Å². The van der Waals surface area contributed by atoms with Crippen LogP contribution in [0.3, 0.4) is 0 Å². The second-order valence-corrected chi connectivity index (χ2v) is 11.7. The zero-order valence-electron chi connectivity index (χ0n) is 22.4. The molecule has 12 heteroatoms. The molecule has 3 unspecified atom stereocenters. The molecule has 0 aromatic heterocycles. The lowest BCUT2D eigenvalue weighted by Crippen LogP contribution is -2.58. The molecule has 210 valence electrons. The van der Waals surface area contributed by atoms with Crippen LogP contribution in [0.15, 0.2) is 23.0 Å². The van der Waals surface area contributed by atoms with Crippen LogP contribution in [0.1, 0.15) is 44.7 Å². The number of fused-ring (bicyclic) bond motifs is 3. The molecule has 4 rings (SSSR count). The number of aliphatic hydroxyl groups excluding tert-OH is 2. The predicted octanol–water partition coefficient (Wildman–Crippen LogP) is 2.08. The van der Waals surface area contributed by atoms with Crippen LogP contribution >= 0.6 is 0 Å². The van der Waals surface area contributed by atoms with Crippen LogP contribution in [-0.4, -0.2) is 70.3 Å². The molecular formula is C27H33N3O9. The third-order valence-electron chi connectivity index (χ3n) is 7.39. The minimum Gasteiger partial charge on any atom is -0.508 e. The maximum Gasteiger partial charge on any atom is 0.411 e. The van der Waals surface area contributed by atoms with Gasteiger partial charge in [-0.3, -0.25) is 19.7 Å². The monoisotopic (exact) mass is 543 g/mol. The van der Waals surface area contributed by atoms with Crippen molar-refractivity contribution < 1.29 is 44.3 Å². The quantitative estimate of drug-likeness (QED) is 0.241. The van der Waals surface area contributed by atoms with Crippen molar-refractivity contribution >= 4 is 40.7 Å². The first kappa shape index (κ1) is 28.0. The molecule has 1 aromatic rings. The average Bonchev–Trinajstić information content (AvgIpc) is 2.80. The van der Waals surface area contributed by atoms with Crippen LogP contribution in [0.4, 0.5) is 16.2 Å². The Hall–Kier alpha value is -4.06. The standard InChI is InChI=1S/C27H33N3O9/c1-26(2,3)10-39-25(37)29-14-9-15(30(4)5)13-7-11-6-12-8-16(31)19(24(28)36)23(35)27(12,38)22(34)17(11)21(33)18(13)20(14)32/h9,11-12,32-33,35,38H,6-8,10H2,1-5H3,(H2,28,36)(H,29,37). The van der Waals surface area contributed by atoms with E-state index in [2.05, 4.69) is 5.32 Å². The van der Waals surface area contributed by atoms with Gasteiger partial charge in [-0.2, -0.15) is 0 Å². The van der Waals surface area contributed by atoms with Gasteiger partial charge in [0, 0.05) is 37.7 Å². The normalized spacial score (nSPS) is 24.6. The Morgan fingerprint density at radius 2 is 1.82 bits per heavy atom. The number of Topliss-reactive ketones (excluding diaryl/α,β-unsaturated/α-hetero) is 2. The lowest BCUT2D eigenvalue weighted by atomic mass is 9.59. The van der Waals surface area contributed by atoms with Crippen molar-refractivity contribution in [1.29, 1.82) is 0 Å². The Bertz CT molecular complexity index is 1370. The Labute approximate surface area is 224 Å². The van der Waals surface area contributed by atoms with Crippen LogP contribution < -0.4 is 16.0 Å². The molecule has 0 heterocycles. The number of phenolic OH excluding ortho intramolecular Hbond substituents is 1. The summed E-state index contributed by atoms with van der Waals surface area (Å²) in [5.41, 5.74) is 1.95. The van der Waals surface area contributed by atoms with Gasteiger partial charge >= 0.3 is 6.09 Å². The van der Waals surface area contributed by atoms with E-state index in [4.69, 9.17) is 10.5 Å². The Kier molecular flexibility index (Phi) is 6.66. The number of ether oxygens (including phenoxy) is 1. The summed E-state index contributed by atoms with van der Waals surface area (Å²) < 4.78 is 5.23. The van der Waals surface area contributed by atoms with Crippen molar-refractivity contribution in [1.82, 2.24) is 0 Å². The number of aliphatic hydroxyl groups is 3. The van der Waals surface area contributed by atoms with Crippen molar-refractivity contribution in [2.75, 3.05) is 30.9 Å². The smallest absolute Gasteiger partial charge is 0.411 e. The molecular weight excluding hydrogens is 510 g/mol. The number of rotatable bonds is 4. The number of primary amides is 1. The first-order valence-electron chi connectivity index (χ1n) is 12.5. The summed E-state index contributed by atoms with van der Waals surface area (Å²) in [4.78, 5) is 52.1.